The lowest BCUT2D eigenvalue weighted by Gasteiger charge is -2.20. The summed E-state index contributed by atoms with van der Waals surface area (Å²) < 4.78 is 5.62. The third-order valence-electron chi connectivity index (χ3n) is 5.12. The average molecular weight is 365 g/mol. The first-order valence-corrected chi connectivity index (χ1v) is 10.1. The topological polar surface area (TPSA) is 29.5 Å². The van der Waals surface area contributed by atoms with Gasteiger partial charge in [0.25, 0.3) is 0 Å². The number of fused-ring (bicyclic) bond motifs is 1. The van der Waals surface area contributed by atoms with Crippen molar-refractivity contribution in [3.8, 4) is 5.75 Å². The number of allylic oxidation sites excluding steroid dienone is 2. The summed E-state index contributed by atoms with van der Waals surface area (Å²) in [6.45, 7) is 4.76. The predicted octanol–water partition coefficient (Wildman–Crippen LogP) is 4.75. The normalized spacial score (nSPS) is 19.8. The minimum Gasteiger partial charge on any atom is -0.492 e. The molecule has 3 nitrogen and oxygen atoms in total. The first-order valence-electron chi connectivity index (χ1n) is 9.13. The molecule has 0 spiro atoms. The van der Waals surface area contributed by atoms with Crippen LogP contribution < -0.4 is 4.74 Å². The van der Waals surface area contributed by atoms with E-state index in [1.807, 2.05) is 25.1 Å². The van der Waals surface area contributed by atoms with E-state index in [-0.39, 0.29) is 5.78 Å². The molecule has 0 aliphatic carbocycles. The van der Waals surface area contributed by atoms with Gasteiger partial charge in [-0.15, -0.1) is 11.8 Å². The predicted molar refractivity (Wildman–Crippen MR) is 106 cm³/mol. The molecule has 2 aliphatic heterocycles. The Morgan fingerprint density at radius 2 is 2.08 bits per heavy atom. The fourth-order valence-corrected chi connectivity index (χ4v) is 4.50. The van der Waals surface area contributed by atoms with Gasteiger partial charge < -0.3 is 9.64 Å². The zero-order valence-corrected chi connectivity index (χ0v) is 15.8. The molecule has 4 heteroatoms. The second-order valence-electron chi connectivity index (χ2n) is 6.85. The Hall–Kier alpha value is -2.20. The minimum atomic E-state index is 0.0691. The summed E-state index contributed by atoms with van der Waals surface area (Å²) in [5.41, 5.74) is 3.18. The van der Waals surface area contributed by atoms with Crippen LogP contribution in [0.3, 0.4) is 0 Å². The average Bonchev–Trinajstić information content (AvgIpc) is 3.18. The summed E-state index contributed by atoms with van der Waals surface area (Å²) in [6.07, 6.45) is 2.92. The first-order chi connectivity index (χ1) is 12.7. The van der Waals surface area contributed by atoms with E-state index in [1.165, 1.54) is 5.56 Å². The van der Waals surface area contributed by atoms with Gasteiger partial charge in [-0.1, -0.05) is 30.3 Å². The van der Waals surface area contributed by atoms with Crippen molar-refractivity contribution >= 4 is 17.5 Å². The van der Waals surface area contributed by atoms with Crippen LogP contribution in [0.15, 0.2) is 65.2 Å². The molecule has 0 saturated carbocycles. The standard InChI is InChI=1S/C22H23NO2S/c1-16(23-10-9-19(15-23)17-5-3-2-4-6-17)13-20(24)18-7-8-21-22(14-18)26-12-11-25-21/h2-8,13-14,19H,9-12,15H2,1H3/b16-13+. The Balaban J connectivity index is 1.45. The number of rotatable bonds is 4. The Bertz CT molecular complexity index is 831. The lowest BCUT2D eigenvalue weighted by molar-refractivity contribution is 0.104. The van der Waals surface area contributed by atoms with Crippen LogP contribution in [0.5, 0.6) is 5.75 Å². The minimum absolute atomic E-state index is 0.0691. The van der Waals surface area contributed by atoms with Gasteiger partial charge in [0, 0.05) is 42.1 Å². The van der Waals surface area contributed by atoms with Gasteiger partial charge in [0.15, 0.2) is 5.78 Å². The zero-order chi connectivity index (χ0) is 17.9. The largest absolute Gasteiger partial charge is 0.492 e. The van der Waals surface area contributed by atoms with Crippen LogP contribution in [0.4, 0.5) is 0 Å². The number of hydrogen-bond acceptors (Lipinski definition) is 4. The smallest absolute Gasteiger partial charge is 0.187 e. The van der Waals surface area contributed by atoms with Crippen LogP contribution in [0.1, 0.15) is 35.2 Å². The second-order valence-corrected chi connectivity index (χ2v) is 7.99. The molecule has 2 aliphatic rings. The molecular weight excluding hydrogens is 342 g/mol. The van der Waals surface area contributed by atoms with E-state index >= 15 is 0 Å². The Kier molecular flexibility index (Phi) is 5.02. The molecule has 134 valence electrons. The number of likely N-dealkylation sites (tertiary alicyclic amines) is 1. The van der Waals surface area contributed by atoms with Gasteiger partial charge in [0.1, 0.15) is 5.75 Å². The number of benzene rings is 2. The monoisotopic (exact) mass is 365 g/mol. The lowest BCUT2D eigenvalue weighted by Crippen LogP contribution is -2.19. The van der Waals surface area contributed by atoms with Gasteiger partial charge >= 0.3 is 0 Å². The fourth-order valence-electron chi connectivity index (χ4n) is 3.64. The molecule has 26 heavy (non-hydrogen) atoms. The quantitative estimate of drug-likeness (QED) is 0.578. The molecule has 0 bridgehead atoms. The van der Waals surface area contributed by atoms with Crippen molar-refractivity contribution in [3.05, 3.63) is 71.4 Å². The van der Waals surface area contributed by atoms with Crippen LogP contribution in [-0.4, -0.2) is 36.1 Å². The van der Waals surface area contributed by atoms with Crippen LogP contribution >= 0.6 is 11.8 Å². The number of thioether (sulfide) groups is 1. The van der Waals surface area contributed by atoms with Gasteiger partial charge in [-0.3, -0.25) is 4.79 Å². The molecule has 2 aromatic rings. The Labute approximate surface area is 159 Å². The van der Waals surface area contributed by atoms with Crippen molar-refractivity contribution < 1.29 is 9.53 Å². The molecule has 0 aromatic heterocycles. The molecule has 1 atom stereocenters. The molecule has 1 saturated heterocycles. The van der Waals surface area contributed by atoms with Crippen molar-refractivity contribution in [1.82, 2.24) is 4.90 Å². The highest BCUT2D eigenvalue weighted by molar-refractivity contribution is 7.99. The van der Waals surface area contributed by atoms with E-state index in [0.29, 0.717) is 5.92 Å². The van der Waals surface area contributed by atoms with Crippen LogP contribution in [0.25, 0.3) is 0 Å². The van der Waals surface area contributed by atoms with Crippen LogP contribution in [0, 0.1) is 0 Å². The van der Waals surface area contributed by atoms with Gasteiger partial charge in [-0.25, -0.2) is 0 Å². The molecular formula is C22H23NO2S. The summed E-state index contributed by atoms with van der Waals surface area (Å²) in [5, 5.41) is 0. The summed E-state index contributed by atoms with van der Waals surface area (Å²) in [7, 11) is 0. The molecule has 2 aromatic carbocycles. The van der Waals surface area contributed by atoms with Crippen molar-refractivity contribution in [1.29, 1.82) is 0 Å². The lowest BCUT2D eigenvalue weighted by atomic mass is 9.99. The number of nitrogens with zero attached hydrogens (tertiary/aromatic N) is 1. The van der Waals surface area contributed by atoms with E-state index in [9.17, 15) is 4.79 Å². The first kappa shape index (κ1) is 17.2. The van der Waals surface area contributed by atoms with E-state index in [2.05, 4.69) is 35.2 Å². The summed E-state index contributed by atoms with van der Waals surface area (Å²) in [6, 6.07) is 16.4. The van der Waals surface area contributed by atoms with Crippen LogP contribution in [-0.2, 0) is 0 Å². The van der Waals surface area contributed by atoms with Crippen LogP contribution in [0.2, 0.25) is 0 Å². The van der Waals surface area contributed by atoms with Gasteiger partial charge in [-0.05, 0) is 37.1 Å². The molecule has 0 radical (unpaired) electrons. The third kappa shape index (κ3) is 3.65. The highest BCUT2D eigenvalue weighted by Gasteiger charge is 2.24. The number of hydrogen-bond donors (Lipinski definition) is 0. The fraction of sp³-hybridized carbons (Fsp3) is 0.318. The van der Waals surface area contributed by atoms with E-state index in [1.54, 1.807) is 17.8 Å². The summed E-state index contributed by atoms with van der Waals surface area (Å²) in [4.78, 5) is 16.1. The maximum Gasteiger partial charge on any atom is 0.187 e. The summed E-state index contributed by atoms with van der Waals surface area (Å²) >= 11 is 1.75. The third-order valence-corrected chi connectivity index (χ3v) is 6.13. The van der Waals surface area contributed by atoms with Crippen molar-refractivity contribution in [2.45, 2.75) is 24.2 Å². The molecule has 4 rings (SSSR count). The Morgan fingerprint density at radius 1 is 1.23 bits per heavy atom. The summed E-state index contributed by atoms with van der Waals surface area (Å²) in [5.74, 6) is 2.45. The SMILES string of the molecule is C/C(=C\C(=O)c1ccc2c(c1)SCCO2)N1CCC(c2ccccc2)C1. The molecule has 1 fully saturated rings. The maximum absolute atomic E-state index is 12.7. The number of ether oxygens (including phenoxy) is 1. The highest BCUT2D eigenvalue weighted by atomic mass is 32.2. The van der Waals surface area contributed by atoms with Gasteiger partial charge in [-0.2, -0.15) is 0 Å². The van der Waals surface area contributed by atoms with E-state index < -0.39 is 0 Å². The highest BCUT2D eigenvalue weighted by Crippen LogP contribution is 2.34. The van der Waals surface area contributed by atoms with E-state index in [0.717, 1.165) is 53.8 Å². The van der Waals surface area contributed by atoms with Gasteiger partial charge in [0.05, 0.1) is 11.5 Å². The molecule has 0 amide bonds. The second kappa shape index (κ2) is 7.58. The van der Waals surface area contributed by atoms with E-state index in [4.69, 9.17) is 4.74 Å². The Morgan fingerprint density at radius 3 is 2.92 bits per heavy atom. The van der Waals surface area contributed by atoms with Gasteiger partial charge in [0.2, 0.25) is 0 Å². The molecule has 2 heterocycles. The maximum atomic E-state index is 12.7. The number of ketones is 1. The number of carbonyl (C=O) groups excluding carboxylic acids is 1. The number of carbonyl (C=O) groups is 1. The van der Waals surface area contributed by atoms with Crippen molar-refractivity contribution in [2.75, 3.05) is 25.4 Å². The molecule has 0 N–H and O–H groups in total. The van der Waals surface area contributed by atoms with Crippen molar-refractivity contribution in [2.24, 2.45) is 0 Å². The van der Waals surface area contributed by atoms with Crippen molar-refractivity contribution in [3.63, 3.8) is 0 Å². The molecule has 1 unspecified atom stereocenters. The zero-order valence-electron chi connectivity index (χ0n) is 15.0.